The average Bonchev–Trinajstić information content (AvgIpc) is 2.73. The molecule has 0 atom stereocenters. The highest BCUT2D eigenvalue weighted by Crippen LogP contribution is 2.30. The van der Waals surface area contributed by atoms with Crippen molar-refractivity contribution >= 4 is 46.2 Å². The number of hydrogen-bond acceptors (Lipinski definition) is 5. The Bertz CT molecular complexity index is 957. The molecule has 1 aliphatic rings. The SMILES string of the molecule is CC(C)c1ccc(C(=O)NC(=S)N2CCN(c3ccc([N+](=O)[O-])cc3Cl)CC2)cc1. The van der Waals surface area contributed by atoms with E-state index in [0.29, 0.717) is 47.8 Å². The Kier molecular flexibility index (Phi) is 6.89. The molecule has 0 unspecified atom stereocenters. The first-order valence-corrected chi connectivity index (χ1v) is 10.4. The summed E-state index contributed by atoms with van der Waals surface area (Å²) in [6, 6.07) is 12.0. The van der Waals surface area contributed by atoms with Crippen LogP contribution in [0.5, 0.6) is 0 Å². The van der Waals surface area contributed by atoms with Gasteiger partial charge in [0, 0.05) is 43.9 Å². The molecular formula is C21H23ClN4O3S. The molecule has 7 nitrogen and oxygen atoms in total. The maximum atomic E-state index is 12.5. The number of carbonyl (C=O) groups is 1. The van der Waals surface area contributed by atoms with Gasteiger partial charge in [0.1, 0.15) is 0 Å². The molecule has 9 heteroatoms. The van der Waals surface area contributed by atoms with Crippen LogP contribution in [0.3, 0.4) is 0 Å². The molecule has 1 aliphatic heterocycles. The van der Waals surface area contributed by atoms with E-state index in [1.54, 1.807) is 6.07 Å². The molecule has 0 aromatic heterocycles. The quantitative estimate of drug-likeness (QED) is 0.430. The number of non-ortho nitro benzene ring substituents is 1. The van der Waals surface area contributed by atoms with E-state index in [4.69, 9.17) is 23.8 Å². The predicted octanol–water partition coefficient (Wildman–Crippen LogP) is 4.21. The van der Waals surface area contributed by atoms with Crippen LogP contribution in [0.4, 0.5) is 11.4 Å². The van der Waals surface area contributed by atoms with Crippen molar-refractivity contribution < 1.29 is 9.72 Å². The summed E-state index contributed by atoms with van der Waals surface area (Å²) in [7, 11) is 0. The zero-order valence-corrected chi connectivity index (χ0v) is 18.4. The molecule has 1 amide bonds. The van der Waals surface area contributed by atoms with Gasteiger partial charge in [-0.05, 0) is 41.9 Å². The number of amides is 1. The number of nitrogens with one attached hydrogen (secondary N) is 1. The summed E-state index contributed by atoms with van der Waals surface area (Å²) in [5, 5.41) is 14.4. The number of benzene rings is 2. The van der Waals surface area contributed by atoms with Crippen molar-refractivity contribution in [2.75, 3.05) is 31.1 Å². The molecule has 0 radical (unpaired) electrons. The van der Waals surface area contributed by atoms with E-state index in [-0.39, 0.29) is 11.6 Å². The third-order valence-corrected chi connectivity index (χ3v) is 5.77. The zero-order chi connectivity index (χ0) is 21.8. The lowest BCUT2D eigenvalue weighted by Crippen LogP contribution is -2.52. The first-order chi connectivity index (χ1) is 14.3. The third kappa shape index (κ3) is 5.06. The van der Waals surface area contributed by atoms with Crippen molar-refractivity contribution in [3.63, 3.8) is 0 Å². The Balaban J connectivity index is 1.56. The lowest BCUT2D eigenvalue weighted by atomic mass is 10.0. The first-order valence-electron chi connectivity index (χ1n) is 9.65. The monoisotopic (exact) mass is 446 g/mol. The molecule has 3 rings (SSSR count). The van der Waals surface area contributed by atoms with Gasteiger partial charge < -0.3 is 9.80 Å². The van der Waals surface area contributed by atoms with Gasteiger partial charge in [0.15, 0.2) is 5.11 Å². The molecule has 1 heterocycles. The second-order valence-electron chi connectivity index (χ2n) is 7.40. The number of piperazine rings is 1. The minimum absolute atomic E-state index is 0.0345. The molecule has 2 aromatic carbocycles. The van der Waals surface area contributed by atoms with Gasteiger partial charge in [-0.2, -0.15) is 0 Å². The normalized spacial score (nSPS) is 14.0. The number of hydrogen-bond donors (Lipinski definition) is 1. The summed E-state index contributed by atoms with van der Waals surface area (Å²) in [4.78, 5) is 26.9. The van der Waals surface area contributed by atoms with E-state index in [1.807, 2.05) is 29.2 Å². The van der Waals surface area contributed by atoms with Crippen LogP contribution in [0, 0.1) is 10.1 Å². The summed E-state index contributed by atoms with van der Waals surface area (Å²) in [6.45, 7) is 6.70. The summed E-state index contributed by atoms with van der Waals surface area (Å²) in [5.41, 5.74) is 2.46. The van der Waals surface area contributed by atoms with Crippen molar-refractivity contribution in [3.05, 3.63) is 68.7 Å². The first kappa shape index (κ1) is 22.0. The standard InChI is InChI=1S/C21H23ClN4O3S/c1-14(2)15-3-5-16(6-4-15)20(27)23-21(30)25-11-9-24(10-12-25)19-8-7-17(26(28)29)13-18(19)22/h3-8,13-14H,9-12H2,1-2H3,(H,23,27,30). The van der Waals surface area contributed by atoms with Gasteiger partial charge in [-0.1, -0.05) is 37.6 Å². The molecule has 1 N–H and O–H groups in total. The molecule has 158 valence electrons. The van der Waals surface area contributed by atoms with Crippen LogP contribution in [0.25, 0.3) is 0 Å². The van der Waals surface area contributed by atoms with Crippen molar-refractivity contribution in [2.24, 2.45) is 0 Å². The number of carbonyl (C=O) groups excluding carboxylic acids is 1. The third-order valence-electron chi connectivity index (χ3n) is 5.11. The predicted molar refractivity (Wildman–Crippen MR) is 122 cm³/mol. The second-order valence-corrected chi connectivity index (χ2v) is 8.20. The molecule has 0 saturated carbocycles. The Morgan fingerprint density at radius 3 is 2.30 bits per heavy atom. The lowest BCUT2D eigenvalue weighted by molar-refractivity contribution is -0.384. The highest BCUT2D eigenvalue weighted by molar-refractivity contribution is 7.80. The maximum Gasteiger partial charge on any atom is 0.271 e. The minimum atomic E-state index is -0.467. The van der Waals surface area contributed by atoms with E-state index in [2.05, 4.69) is 24.1 Å². The Hall–Kier alpha value is -2.71. The van der Waals surface area contributed by atoms with Gasteiger partial charge in [0.25, 0.3) is 11.6 Å². The molecular weight excluding hydrogens is 424 g/mol. The zero-order valence-electron chi connectivity index (χ0n) is 16.8. The topological polar surface area (TPSA) is 78.7 Å². The number of anilines is 1. The van der Waals surface area contributed by atoms with Gasteiger partial charge in [0.2, 0.25) is 0 Å². The highest BCUT2D eigenvalue weighted by Gasteiger charge is 2.23. The number of nitrogens with zero attached hydrogens (tertiary/aromatic N) is 3. The molecule has 0 spiro atoms. The number of thiocarbonyl (C=S) groups is 1. The van der Waals surface area contributed by atoms with Crippen LogP contribution in [-0.4, -0.2) is 47.0 Å². The second kappa shape index (κ2) is 9.40. The van der Waals surface area contributed by atoms with Gasteiger partial charge in [0.05, 0.1) is 15.6 Å². The Morgan fingerprint density at radius 2 is 1.77 bits per heavy atom. The molecule has 0 aliphatic carbocycles. The summed E-state index contributed by atoms with van der Waals surface area (Å²) in [5.74, 6) is 0.180. The Morgan fingerprint density at radius 1 is 1.13 bits per heavy atom. The van der Waals surface area contributed by atoms with Crippen molar-refractivity contribution in [1.82, 2.24) is 10.2 Å². The van der Waals surface area contributed by atoms with Gasteiger partial charge >= 0.3 is 0 Å². The molecule has 0 bridgehead atoms. The Labute approximate surface area is 185 Å². The highest BCUT2D eigenvalue weighted by atomic mass is 35.5. The van der Waals surface area contributed by atoms with E-state index < -0.39 is 4.92 Å². The minimum Gasteiger partial charge on any atom is -0.367 e. The van der Waals surface area contributed by atoms with Crippen molar-refractivity contribution in [1.29, 1.82) is 0 Å². The number of rotatable bonds is 4. The van der Waals surface area contributed by atoms with Crippen LogP contribution < -0.4 is 10.2 Å². The molecule has 30 heavy (non-hydrogen) atoms. The van der Waals surface area contributed by atoms with E-state index in [1.165, 1.54) is 17.7 Å². The van der Waals surface area contributed by atoms with Crippen molar-refractivity contribution in [2.45, 2.75) is 19.8 Å². The molecule has 1 saturated heterocycles. The van der Waals surface area contributed by atoms with Crippen molar-refractivity contribution in [3.8, 4) is 0 Å². The summed E-state index contributed by atoms with van der Waals surface area (Å²) in [6.07, 6.45) is 0. The number of nitro groups is 1. The van der Waals surface area contributed by atoms with E-state index in [0.717, 1.165) is 5.69 Å². The van der Waals surface area contributed by atoms with Crippen LogP contribution in [0.15, 0.2) is 42.5 Å². The number of nitro benzene ring substituents is 1. The van der Waals surface area contributed by atoms with Crippen LogP contribution >= 0.6 is 23.8 Å². The lowest BCUT2D eigenvalue weighted by Gasteiger charge is -2.37. The molecule has 2 aromatic rings. The van der Waals surface area contributed by atoms with E-state index in [9.17, 15) is 14.9 Å². The number of halogens is 1. The van der Waals surface area contributed by atoms with Crippen LogP contribution in [0.2, 0.25) is 5.02 Å². The largest absolute Gasteiger partial charge is 0.367 e. The maximum absolute atomic E-state index is 12.5. The fourth-order valence-electron chi connectivity index (χ4n) is 3.28. The van der Waals surface area contributed by atoms with Gasteiger partial charge in [-0.15, -0.1) is 0 Å². The van der Waals surface area contributed by atoms with Gasteiger partial charge in [-0.25, -0.2) is 0 Å². The van der Waals surface area contributed by atoms with E-state index >= 15 is 0 Å². The van der Waals surface area contributed by atoms with Crippen LogP contribution in [-0.2, 0) is 0 Å². The molecule has 1 fully saturated rings. The average molecular weight is 447 g/mol. The summed E-state index contributed by atoms with van der Waals surface area (Å²) >= 11 is 11.6. The smallest absolute Gasteiger partial charge is 0.271 e. The summed E-state index contributed by atoms with van der Waals surface area (Å²) < 4.78 is 0. The fraction of sp³-hybridized carbons (Fsp3) is 0.333. The van der Waals surface area contributed by atoms with Crippen LogP contribution in [0.1, 0.15) is 35.7 Å². The van der Waals surface area contributed by atoms with Gasteiger partial charge in [-0.3, -0.25) is 20.2 Å². The fourth-order valence-corrected chi connectivity index (χ4v) is 3.85.